The average Bonchev–Trinajstić information content (AvgIpc) is 2.75. The Bertz CT molecular complexity index is 603. The van der Waals surface area contributed by atoms with Crippen molar-refractivity contribution in [3.05, 3.63) is 29.8 Å². The van der Waals surface area contributed by atoms with Crippen LogP contribution in [0.1, 0.15) is 12.0 Å². The van der Waals surface area contributed by atoms with E-state index < -0.39 is 0 Å². The molecule has 6 nitrogen and oxygen atoms in total. The van der Waals surface area contributed by atoms with Gasteiger partial charge in [0, 0.05) is 18.7 Å². The van der Waals surface area contributed by atoms with E-state index in [9.17, 15) is 4.79 Å². The van der Waals surface area contributed by atoms with Crippen LogP contribution in [0.4, 0.5) is 0 Å². The summed E-state index contributed by atoms with van der Waals surface area (Å²) in [5.41, 5.74) is 2.04. The molecule has 0 N–H and O–H groups in total. The van der Waals surface area contributed by atoms with E-state index >= 15 is 0 Å². The number of carbonyl (C=O) groups excluding carboxylic acids is 1. The summed E-state index contributed by atoms with van der Waals surface area (Å²) in [6, 6.07) is 7.86. The van der Waals surface area contributed by atoms with E-state index in [2.05, 4.69) is 15.4 Å². The molecule has 1 aromatic carbocycles. The maximum atomic E-state index is 11.8. The molecule has 0 aliphatic carbocycles. The number of hydrogen-bond donors (Lipinski definition) is 0. The smallest absolute Gasteiger partial charge is 0.246 e. The zero-order chi connectivity index (χ0) is 13.2. The molecule has 0 spiro atoms. The van der Waals surface area contributed by atoms with Crippen LogP contribution in [0.15, 0.2) is 24.3 Å². The van der Waals surface area contributed by atoms with E-state index in [4.69, 9.17) is 0 Å². The summed E-state index contributed by atoms with van der Waals surface area (Å²) in [5, 5.41) is 12.2. The minimum Gasteiger partial charge on any atom is -0.341 e. The molecule has 98 valence electrons. The fourth-order valence-corrected chi connectivity index (χ4v) is 2.03. The van der Waals surface area contributed by atoms with Gasteiger partial charge in [0.25, 0.3) is 0 Å². The number of amides is 1. The molecule has 1 aliphatic rings. The Labute approximate surface area is 111 Å². The van der Waals surface area contributed by atoms with Crippen molar-refractivity contribution in [2.75, 3.05) is 13.1 Å². The summed E-state index contributed by atoms with van der Waals surface area (Å²) in [7, 11) is 0. The Balaban J connectivity index is 1.76. The van der Waals surface area contributed by atoms with Crippen molar-refractivity contribution in [3.63, 3.8) is 0 Å². The average molecular weight is 257 g/mol. The number of likely N-dealkylation sites (tertiary alicyclic amines) is 1. The summed E-state index contributed by atoms with van der Waals surface area (Å²) in [6.45, 7) is 3.86. The zero-order valence-electron chi connectivity index (χ0n) is 10.8. The molecule has 6 heteroatoms. The van der Waals surface area contributed by atoms with E-state index in [0.717, 1.165) is 30.6 Å². The highest BCUT2D eigenvalue weighted by Crippen LogP contribution is 2.17. The second kappa shape index (κ2) is 4.79. The van der Waals surface area contributed by atoms with Crippen LogP contribution in [-0.4, -0.2) is 44.1 Å². The lowest BCUT2D eigenvalue weighted by atomic mass is 10.1. The summed E-state index contributed by atoms with van der Waals surface area (Å²) in [5.74, 6) is 0.620. The zero-order valence-corrected chi connectivity index (χ0v) is 10.8. The maximum Gasteiger partial charge on any atom is 0.246 e. The van der Waals surface area contributed by atoms with E-state index in [1.165, 1.54) is 4.80 Å². The van der Waals surface area contributed by atoms with Crippen molar-refractivity contribution in [2.45, 2.75) is 19.9 Å². The number of tetrazole rings is 1. The highest BCUT2D eigenvalue weighted by molar-refractivity contribution is 5.76. The topological polar surface area (TPSA) is 63.9 Å². The second-order valence-electron chi connectivity index (χ2n) is 4.69. The van der Waals surface area contributed by atoms with Crippen LogP contribution in [0.3, 0.4) is 0 Å². The van der Waals surface area contributed by atoms with Crippen LogP contribution < -0.4 is 0 Å². The number of nitrogens with zero attached hydrogens (tertiary/aromatic N) is 5. The molecule has 2 heterocycles. The van der Waals surface area contributed by atoms with Crippen LogP contribution in [0, 0.1) is 6.92 Å². The molecule has 3 rings (SSSR count). The van der Waals surface area contributed by atoms with Gasteiger partial charge in [0.15, 0.2) is 0 Å². The predicted molar refractivity (Wildman–Crippen MR) is 69.2 cm³/mol. The van der Waals surface area contributed by atoms with E-state index in [-0.39, 0.29) is 12.5 Å². The molecule has 2 aromatic rings. The van der Waals surface area contributed by atoms with Crippen molar-refractivity contribution >= 4 is 5.91 Å². The molecule has 1 aliphatic heterocycles. The largest absolute Gasteiger partial charge is 0.341 e. The molecule has 1 saturated heterocycles. The number of benzene rings is 1. The monoisotopic (exact) mass is 257 g/mol. The third-order valence-electron chi connectivity index (χ3n) is 3.32. The van der Waals surface area contributed by atoms with Gasteiger partial charge in [0.1, 0.15) is 6.54 Å². The first-order valence-corrected chi connectivity index (χ1v) is 6.35. The molecule has 0 atom stereocenters. The first kappa shape index (κ1) is 11.8. The van der Waals surface area contributed by atoms with Gasteiger partial charge in [-0.05, 0) is 24.1 Å². The van der Waals surface area contributed by atoms with Crippen molar-refractivity contribution in [1.82, 2.24) is 25.1 Å². The molecular formula is C13H15N5O. The van der Waals surface area contributed by atoms with Crippen molar-refractivity contribution in [2.24, 2.45) is 0 Å². The van der Waals surface area contributed by atoms with Gasteiger partial charge in [-0.15, -0.1) is 10.2 Å². The van der Waals surface area contributed by atoms with Gasteiger partial charge in [0.2, 0.25) is 11.7 Å². The summed E-state index contributed by atoms with van der Waals surface area (Å²) in [4.78, 5) is 15.0. The van der Waals surface area contributed by atoms with Gasteiger partial charge in [-0.2, -0.15) is 4.80 Å². The van der Waals surface area contributed by atoms with E-state index in [0.29, 0.717) is 5.82 Å². The highest BCUT2D eigenvalue weighted by Gasteiger charge is 2.21. The Morgan fingerprint density at radius 3 is 2.79 bits per heavy atom. The lowest BCUT2D eigenvalue weighted by Gasteiger charge is -2.30. The fraction of sp³-hybridized carbons (Fsp3) is 0.385. The van der Waals surface area contributed by atoms with Crippen molar-refractivity contribution < 1.29 is 4.79 Å². The molecule has 0 saturated carbocycles. The summed E-state index contributed by atoms with van der Waals surface area (Å²) < 4.78 is 0. The maximum absolute atomic E-state index is 11.8. The number of rotatable bonds is 3. The summed E-state index contributed by atoms with van der Waals surface area (Å²) >= 11 is 0. The van der Waals surface area contributed by atoms with Crippen LogP contribution >= 0.6 is 0 Å². The first-order chi connectivity index (χ1) is 9.24. The lowest BCUT2D eigenvalue weighted by molar-refractivity contribution is -0.135. The van der Waals surface area contributed by atoms with Gasteiger partial charge >= 0.3 is 0 Å². The van der Waals surface area contributed by atoms with E-state index in [1.807, 2.05) is 31.2 Å². The van der Waals surface area contributed by atoms with Gasteiger partial charge in [0.05, 0.1) is 0 Å². The van der Waals surface area contributed by atoms with Gasteiger partial charge in [-0.3, -0.25) is 4.79 Å². The molecule has 19 heavy (non-hydrogen) atoms. The normalized spacial score (nSPS) is 14.3. The molecule has 1 fully saturated rings. The third kappa shape index (κ3) is 2.33. The standard InChI is InChI=1S/C13H15N5O/c1-10-5-2-3-6-11(10)13-14-16-18(15-13)9-12(19)17-7-4-8-17/h2-3,5-6H,4,7-9H2,1H3. The molecule has 0 unspecified atom stereocenters. The van der Waals surface area contributed by atoms with Crippen molar-refractivity contribution in [1.29, 1.82) is 0 Å². The van der Waals surface area contributed by atoms with Crippen LogP contribution in [-0.2, 0) is 11.3 Å². The Morgan fingerprint density at radius 2 is 2.11 bits per heavy atom. The van der Waals surface area contributed by atoms with Crippen LogP contribution in [0.25, 0.3) is 11.4 Å². The number of aromatic nitrogens is 4. The lowest BCUT2D eigenvalue weighted by Crippen LogP contribution is -2.43. The molecule has 0 radical (unpaired) electrons. The van der Waals surface area contributed by atoms with E-state index in [1.54, 1.807) is 4.90 Å². The van der Waals surface area contributed by atoms with Gasteiger partial charge < -0.3 is 4.90 Å². The Kier molecular flexibility index (Phi) is 2.98. The Morgan fingerprint density at radius 1 is 1.32 bits per heavy atom. The second-order valence-corrected chi connectivity index (χ2v) is 4.69. The third-order valence-corrected chi connectivity index (χ3v) is 3.32. The number of carbonyl (C=O) groups is 1. The molecule has 1 aromatic heterocycles. The minimum absolute atomic E-state index is 0.0555. The van der Waals surface area contributed by atoms with Crippen molar-refractivity contribution in [3.8, 4) is 11.4 Å². The molecule has 1 amide bonds. The molecule has 0 bridgehead atoms. The first-order valence-electron chi connectivity index (χ1n) is 6.35. The SMILES string of the molecule is Cc1ccccc1-c1nnn(CC(=O)N2CCC2)n1. The fourth-order valence-electron chi connectivity index (χ4n) is 2.03. The minimum atomic E-state index is 0.0555. The Hall–Kier alpha value is -2.24. The predicted octanol–water partition coefficient (Wildman–Crippen LogP) is 0.881. The quantitative estimate of drug-likeness (QED) is 0.819. The van der Waals surface area contributed by atoms with Gasteiger partial charge in [-0.1, -0.05) is 24.3 Å². The highest BCUT2D eigenvalue weighted by atomic mass is 16.2. The molecular weight excluding hydrogens is 242 g/mol. The van der Waals surface area contributed by atoms with Crippen LogP contribution in [0.5, 0.6) is 0 Å². The summed E-state index contributed by atoms with van der Waals surface area (Å²) in [6.07, 6.45) is 1.09. The number of aryl methyl sites for hydroxylation is 1. The number of hydrogen-bond acceptors (Lipinski definition) is 4. The van der Waals surface area contributed by atoms with Gasteiger partial charge in [-0.25, -0.2) is 0 Å². The van der Waals surface area contributed by atoms with Crippen LogP contribution in [0.2, 0.25) is 0 Å².